The van der Waals surface area contributed by atoms with Crippen LogP contribution in [0, 0.1) is 12.8 Å². The molecule has 140 valence electrons. The highest BCUT2D eigenvalue weighted by Gasteiger charge is 2.24. The first kappa shape index (κ1) is 19.3. The Morgan fingerprint density at radius 2 is 1.26 bits per heavy atom. The highest BCUT2D eigenvalue weighted by atomic mass is 32.2. The SMILES string of the molecule is Cc1ccc(S(=O)(=O)OC[C@@H](C)C(c2ccccc2)c2ccccc2)cc1. The molecule has 0 fully saturated rings. The van der Waals surface area contributed by atoms with Crippen LogP contribution in [0.25, 0.3) is 0 Å². The monoisotopic (exact) mass is 380 g/mol. The topological polar surface area (TPSA) is 43.4 Å². The second-order valence-electron chi connectivity index (χ2n) is 6.83. The van der Waals surface area contributed by atoms with Crippen molar-refractivity contribution in [2.24, 2.45) is 5.92 Å². The molecule has 3 nitrogen and oxygen atoms in total. The Labute approximate surface area is 161 Å². The second-order valence-corrected chi connectivity index (χ2v) is 8.44. The molecule has 0 unspecified atom stereocenters. The molecular formula is C23H24O3S. The molecule has 0 aromatic heterocycles. The van der Waals surface area contributed by atoms with Gasteiger partial charge in [-0.1, -0.05) is 85.3 Å². The van der Waals surface area contributed by atoms with Crippen LogP contribution in [0.2, 0.25) is 0 Å². The Hall–Kier alpha value is -2.43. The van der Waals surface area contributed by atoms with Crippen molar-refractivity contribution in [3.63, 3.8) is 0 Å². The maximum absolute atomic E-state index is 12.5. The van der Waals surface area contributed by atoms with Crippen LogP contribution in [-0.2, 0) is 14.3 Å². The zero-order valence-corrected chi connectivity index (χ0v) is 16.4. The predicted molar refractivity (Wildman–Crippen MR) is 108 cm³/mol. The average molecular weight is 381 g/mol. The zero-order valence-electron chi connectivity index (χ0n) is 15.6. The van der Waals surface area contributed by atoms with Gasteiger partial charge in [-0.05, 0) is 36.1 Å². The van der Waals surface area contributed by atoms with Crippen molar-refractivity contribution < 1.29 is 12.6 Å². The Balaban J connectivity index is 1.81. The van der Waals surface area contributed by atoms with E-state index in [1.165, 1.54) is 0 Å². The lowest BCUT2D eigenvalue weighted by atomic mass is 9.82. The van der Waals surface area contributed by atoms with Crippen LogP contribution < -0.4 is 0 Å². The smallest absolute Gasteiger partial charge is 0.266 e. The normalized spacial score (nSPS) is 12.9. The van der Waals surface area contributed by atoms with E-state index in [1.54, 1.807) is 24.3 Å². The highest BCUT2D eigenvalue weighted by Crippen LogP contribution is 2.32. The van der Waals surface area contributed by atoms with Crippen LogP contribution >= 0.6 is 0 Å². The van der Waals surface area contributed by atoms with Gasteiger partial charge >= 0.3 is 0 Å². The van der Waals surface area contributed by atoms with E-state index in [1.807, 2.05) is 50.2 Å². The second kappa shape index (κ2) is 8.51. The summed E-state index contributed by atoms with van der Waals surface area (Å²) < 4.78 is 30.5. The summed E-state index contributed by atoms with van der Waals surface area (Å²) in [6.45, 7) is 4.06. The van der Waals surface area contributed by atoms with Crippen LogP contribution in [0.15, 0.2) is 89.8 Å². The molecule has 0 aliphatic carbocycles. The van der Waals surface area contributed by atoms with Crippen molar-refractivity contribution >= 4 is 10.1 Å². The standard InChI is InChI=1S/C23H24O3S/c1-18-13-15-22(16-14-18)27(24,25)26-17-19(2)23(20-9-5-3-6-10-20)21-11-7-4-8-12-21/h3-16,19,23H,17H2,1-2H3/t19-/m1/s1. The van der Waals surface area contributed by atoms with Gasteiger partial charge in [0.1, 0.15) is 0 Å². The number of benzene rings is 3. The van der Waals surface area contributed by atoms with Crippen molar-refractivity contribution in [3.05, 3.63) is 102 Å². The Bertz CT molecular complexity index is 910. The first-order chi connectivity index (χ1) is 13.0. The summed E-state index contributed by atoms with van der Waals surface area (Å²) in [5, 5.41) is 0. The maximum Gasteiger partial charge on any atom is 0.296 e. The molecule has 0 bridgehead atoms. The van der Waals surface area contributed by atoms with E-state index in [9.17, 15) is 8.42 Å². The van der Waals surface area contributed by atoms with Crippen LogP contribution in [-0.4, -0.2) is 15.0 Å². The molecule has 4 heteroatoms. The van der Waals surface area contributed by atoms with E-state index in [0.29, 0.717) is 0 Å². The summed E-state index contributed by atoms with van der Waals surface area (Å²) in [4.78, 5) is 0.191. The van der Waals surface area contributed by atoms with Crippen LogP contribution in [0.4, 0.5) is 0 Å². The van der Waals surface area contributed by atoms with E-state index in [0.717, 1.165) is 16.7 Å². The summed E-state index contributed by atoms with van der Waals surface area (Å²) in [5.74, 6) is 0.0376. The Kier molecular flexibility index (Phi) is 6.09. The van der Waals surface area contributed by atoms with E-state index in [-0.39, 0.29) is 23.3 Å². The molecule has 0 heterocycles. The molecular weight excluding hydrogens is 356 g/mol. The molecule has 0 radical (unpaired) electrons. The zero-order chi connectivity index (χ0) is 19.3. The fraction of sp³-hybridized carbons (Fsp3) is 0.217. The lowest BCUT2D eigenvalue weighted by molar-refractivity contribution is 0.252. The third-order valence-corrected chi connectivity index (χ3v) is 5.98. The van der Waals surface area contributed by atoms with Crippen LogP contribution in [0.1, 0.15) is 29.5 Å². The summed E-state index contributed by atoms with van der Waals surface area (Å²) >= 11 is 0. The van der Waals surface area contributed by atoms with Gasteiger partial charge in [0.05, 0.1) is 11.5 Å². The van der Waals surface area contributed by atoms with Crippen molar-refractivity contribution in [1.29, 1.82) is 0 Å². The third-order valence-electron chi connectivity index (χ3n) is 4.68. The van der Waals surface area contributed by atoms with Gasteiger partial charge in [-0.15, -0.1) is 0 Å². The lowest BCUT2D eigenvalue weighted by Gasteiger charge is -2.25. The molecule has 0 saturated carbocycles. The molecule has 0 aliphatic rings. The highest BCUT2D eigenvalue weighted by molar-refractivity contribution is 7.86. The molecule has 3 aromatic rings. The molecule has 0 aliphatic heterocycles. The average Bonchev–Trinajstić information content (AvgIpc) is 2.69. The predicted octanol–water partition coefficient (Wildman–Crippen LogP) is 5.17. The minimum Gasteiger partial charge on any atom is -0.266 e. The fourth-order valence-corrected chi connectivity index (χ4v) is 4.24. The van der Waals surface area contributed by atoms with E-state index in [2.05, 4.69) is 24.3 Å². The van der Waals surface area contributed by atoms with Gasteiger partial charge in [0, 0.05) is 5.92 Å². The molecule has 27 heavy (non-hydrogen) atoms. The summed E-state index contributed by atoms with van der Waals surface area (Å²) in [7, 11) is -3.77. The molecule has 3 rings (SSSR count). The van der Waals surface area contributed by atoms with Gasteiger partial charge < -0.3 is 0 Å². The minimum atomic E-state index is -3.77. The van der Waals surface area contributed by atoms with Crippen LogP contribution in [0.5, 0.6) is 0 Å². The van der Waals surface area contributed by atoms with Crippen molar-refractivity contribution in [1.82, 2.24) is 0 Å². The quantitative estimate of drug-likeness (QED) is 0.531. The van der Waals surface area contributed by atoms with Crippen molar-refractivity contribution in [3.8, 4) is 0 Å². The van der Waals surface area contributed by atoms with Gasteiger partial charge in [-0.2, -0.15) is 8.42 Å². The van der Waals surface area contributed by atoms with E-state index in [4.69, 9.17) is 4.18 Å². The van der Waals surface area contributed by atoms with Crippen molar-refractivity contribution in [2.45, 2.75) is 24.7 Å². The summed E-state index contributed by atoms with van der Waals surface area (Å²) in [6, 6.07) is 27.0. The summed E-state index contributed by atoms with van der Waals surface area (Å²) in [6.07, 6.45) is 0. The van der Waals surface area contributed by atoms with Gasteiger partial charge in [-0.25, -0.2) is 0 Å². The first-order valence-corrected chi connectivity index (χ1v) is 10.4. The van der Waals surface area contributed by atoms with E-state index < -0.39 is 10.1 Å². The number of rotatable bonds is 7. The molecule has 0 N–H and O–H groups in total. The summed E-state index contributed by atoms with van der Waals surface area (Å²) in [5.41, 5.74) is 3.30. The number of aryl methyl sites for hydroxylation is 1. The number of hydrogen-bond donors (Lipinski definition) is 0. The Morgan fingerprint density at radius 1 is 0.778 bits per heavy atom. The molecule has 0 amide bonds. The van der Waals surface area contributed by atoms with E-state index >= 15 is 0 Å². The molecule has 0 spiro atoms. The minimum absolute atomic E-state index is 0.0185. The Morgan fingerprint density at radius 3 is 1.74 bits per heavy atom. The lowest BCUT2D eigenvalue weighted by Crippen LogP contribution is -2.19. The molecule has 1 atom stereocenters. The maximum atomic E-state index is 12.5. The number of hydrogen-bond acceptors (Lipinski definition) is 3. The third kappa shape index (κ3) is 4.85. The first-order valence-electron chi connectivity index (χ1n) is 9.03. The van der Waals surface area contributed by atoms with Crippen LogP contribution in [0.3, 0.4) is 0 Å². The van der Waals surface area contributed by atoms with Gasteiger partial charge in [0.2, 0.25) is 0 Å². The fourth-order valence-electron chi connectivity index (χ4n) is 3.24. The van der Waals surface area contributed by atoms with Gasteiger partial charge in [0.15, 0.2) is 0 Å². The van der Waals surface area contributed by atoms with Crippen molar-refractivity contribution in [2.75, 3.05) is 6.61 Å². The molecule has 3 aromatic carbocycles. The molecule has 0 saturated heterocycles. The van der Waals surface area contributed by atoms with Gasteiger partial charge in [-0.3, -0.25) is 4.18 Å². The largest absolute Gasteiger partial charge is 0.296 e. The van der Waals surface area contributed by atoms with Gasteiger partial charge in [0.25, 0.3) is 10.1 Å².